The highest BCUT2D eigenvalue weighted by molar-refractivity contribution is 6.12. The minimum absolute atomic E-state index is 0.122. The summed E-state index contributed by atoms with van der Waals surface area (Å²) in [5.41, 5.74) is 2.84. The minimum Gasteiger partial charge on any atom is -0.258 e. The third kappa shape index (κ3) is 2.74. The molecule has 0 unspecified atom stereocenters. The molecule has 0 radical (unpaired) electrons. The van der Waals surface area contributed by atoms with E-state index in [1.54, 1.807) is 12.1 Å². The van der Waals surface area contributed by atoms with Crippen LogP contribution < -0.4 is 0 Å². The van der Waals surface area contributed by atoms with E-state index in [1.807, 2.05) is 43.3 Å². The lowest BCUT2D eigenvalue weighted by molar-refractivity contribution is -0.385. The summed E-state index contributed by atoms with van der Waals surface area (Å²) in [5, 5.41) is 16.0. The van der Waals surface area contributed by atoms with Crippen LogP contribution in [0.3, 0.4) is 0 Å². The van der Waals surface area contributed by atoms with Gasteiger partial charge in [-0.1, -0.05) is 60.7 Å². The Hall–Kier alpha value is -3.46. The van der Waals surface area contributed by atoms with E-state index in [0.717, 1.165) is 21.9 Å². The quantitative estimate of drug-likeness (QED) is 0.186. The first-order valence-electron chi connectivity index (χ1n) is 8.48. The Morgan fingerprint density at radius 2 is 1.46 bits per heavy atom. The number of nitro groups is 1. The van der Waals surface area contributed by atoms with Gasteiger partial charge in [0.05, 0.1) is 10.5 Å². The topological polar surface area (TPSA) is 43.1 Å². The van der Waals surface area contributed by atoms with Gasteiger partial charge in [0.15, 0.2) is 0 Å². The zero-order valence-corrected chi connectivity index (χ0v) is 14.3. The number of nitro benzene ring substituents is 1. The summed E-state index contributed by atoms with van der Waals surface area (Å²) in [6, 6.07) is 25.6. The zero-order chi connectivity index (χ0) is 18.1. The molecule has 0 spiro atoms. The predicted octanol–water partition coefficient (Wildman–Crippen LogP) is 6.46. The van der Waals surface area contributed by atoms with E-state index in [4.69, 9.17) is 0 Å². The van der Waals surface area contributed by atoms with E-state index in [0.29, 0.717) is 5.56 Å². The number of allylic oxidation sites excluding steroid dienone is 1. The molecule has 4 rings (SSSR count). The van der Waals surface area contributed by atoms with Crippen molar-refractivity contribution >= 4 is 38.9 Å². The van der Waals surface area contributed by atoms with E-state index in [1.165, 1.54) is 16.8 Å². The summed E-state index contributed by atoms with van der Waals surface area (Å²) in [6.45, 7) is 2.01. The Labute approximate surface area is 151 Å². The Morgan fingerprint density at radius 3 is 2.23 bits per heavy atom. The molecule has 26 heavy (non-hydrogen) atoms. The molecule has 0 saturated carbocycles. The van der Waals surface area contributed by atoms with Gasteiger partial charge in [0.1, 0.15) is 0 Å². The van der Waals surface area contributed by atoms with Crippen molar-refractivity contribution in [3.05, 3.63) is 100 Å². The van der Waals surface area contributed by atoms with Crippen molar-refractivity contribution in [3.63, 3.8) is 0 Å². The van der Waals surface area contributed by atoms with Crippen molar-refractivity contribution in [1.29, 1.82) is 0 Å². The van der Waals surface area contributed by atoms with Crippen LogP contribution in [0.2, 0.25) is 0 Å². The van der Waals surface area contributed by atoms with Gasteiger partial charge in [-0.15, -0.1) is 0 Å². The third-order valence-corrected chi connectivity index (χ3v) is 4.70. The monoisotopic (exact) mass is 339 g/mol. The van der Waals surface area contributed by atoms with Crippen LogP contribution in [0, 0.1) is 10.1 Å². The molecule has 4 aromatic carbocycles. The number of benzene rings is 4. The van der Waals surface area contributed by atoms with Crippen LogP contribution in [0.5, 0.6) is 0 Å². The Morgan fingerprint density at radius 1 is 0.846 bits per heavy atom. The molecule has 0 aliphatic carbocycles. The largest absolute Gasteiger partial charge is 0.276 e. The maximum absolute atomic E-state index is 11.3. The number of nitrogens with zero attached hydrogens (tertiary/aromatic N) is 1. The summed E-state index contributed by atoms with van der Waals surface area (Å²) in [7, 11) is 0. The van der Waals surface area contributed by atoms with Crippen LogP contribution in [-0.4, -0.2) is 4.92 Å². The summed E-state index contributed by atoms with van der Waals surface area (Å²) in [6.07, 6.45) is 1.90. The van der Waals surface area contributed by atoms with Crippen LogP contribution in [-0.2, 0) is 0 Å². The molecule has 0 N–H and O–H groups in total. The number of hydrogen-bond donors (Lipinski definition) is 0. The summed E-state index contributed by atoms with van der Waals surface area (Å²) >= 11 is 0. The predicted molar refractivity (Wildman–Crippen MR) is 108 cm³/mol. The van der Waals surface area contributed by atoms with Gasteiger partial charge in [-0.3, -0.25) is 10.1 Å². The second kappa shape index (κ2) is 6.45. The van der Waals surface area contributed by atoms with Crippen molar-refractivity contribution < 1.29 is 4.92 Å². The van der Waals surface area contributed by atoms with E-state index in [2.05, 4.69) is 30.3 Å². The normalized spacial score (nSPS) is 11.8. The van der Waals surface area contributed by atoms with Crippen LogP contribution in [0.25, 0.3) is 33.2 Å². The van der Waals surface area contributed by atoms with E-state index < -0.39 is 0 Å². The molecule has 0 bridgehead atoms. The van der Waals surface area contributed by atoms with Gasteiger partial charge in [0.2, 0.25) is 0 Å². The maximum atomic E-state index is 11.3. The average Bonchev–Trinajstić information content (AvgIpc) is 2.67. The fraction of sp³-hybridized carbons (Fsp3) is 0.0435. The van der Waals surface area contributed by atoms with Gasteiger partial charge in [-0.05, 0) is 57.8 Å². The molecule has 0 saturated heterocycles. The second-order valence-corrected chi connectivity index (χ2v) is 6.33. The Balaban J connectivity index is 1.97. The van der Waals surface area contributed by atoms with E-state index in [9.17, 15) is 10.1 Å². The number of para-hydroxylation sites is 1. The third-order valence-electron chi connectivity index (χ3n) is 4.70. The van der Waals surface area contributed by atoms with Crippen molar-refractivity contribution in [1.82, 2.24) is 0 Å². The molecule has 0 aromatic heterocycles. The lowest BCUT2D eigenvalue weighted by atomic mass is 9.93. The molecular formula is C23H17NO2. The molecule has 4 aromatic rings. The van der Waals surface area contributed by atoms with Crippen LogP contribution in [0.1, 0.15) is 18.1 Å². The fourth-order valence-electron chi connectivity index (χ4n) is 3.47. The average molecular weight is 339 g/mol. The highest BCUT2D eigenvalue weighted by Crippen LogP contribution is 2.33. The first-order valence-corrected chi connectivity index (χ1v) is 8.48. The number of rotatable bonds is 3. The lowest BCUT2D eigenvalue weighted by Gasteiger charge is -2.11. The smallest absolute Gasteiger partial charge is 0.258 e. The van der Waals surface area contributed by atoms with Crippen LogP contribution in [0.4, 0.5) is 5.69 Å². The molecule has 3 nitrogen and oxygen atoms in total. The Bertz CT molecular complexity index is 1180. The highest BCUT2D eigenvalue weighted by atomic mass is 16.6. The summed E-state index contributed by atoms with van der Waals surface area (Å²) in [4.78, 5) is 11.0. The molecule has 3 heteroatoms. The van der Waals surface area contributed by atoms with Crippen molar-refractivity contribution in [2.45, 2.75) is 6.92 Å². The fourth-order valence-corrected chi connectivity index (χ4v) is 3.47. The molecule has 0 aliphatic rings. The van der Waals surface area contributed by atoms with Crippen molar-refractivity contribution in [2.75, 3.05) is 0 Å². The van der Waals surface area contributed by atoms with Gasteiger partial charge in [-0.2, -0.15) is 0 Å². The van der Waals surface area contributed by atoms with Gasteiger partial charge >= 0.3 is 0 Å². The van der Waals surface area contributed by atoms with Gasteiger partial charge in [0.25, 0.3) is 5.69 Å². The van der Waals surface area contributed by atoms with Crippen molar-refractivity contribution in [3.8, 4) is 0 Å². The maximum Gasteiger partial charge on any atom is 0.276 e. The SMILES string of the molecule is C/C(=C\c1ccccc1[N+](=O)[O-])c1cc2ccccc2c2ccccc12. The first-order chi connectivity index (χ1) is 12.6. The highest BCUT2D eigenvalue weighted by Gasteiger charge is 2.12. The zero-order valence-electron chi connectivity index (χ0n) is 14.3. The molecular weight excluding hydrogens is 322 g/mol. The van der Waals surface area contributed by atoms with E-state index >= 15 is 0 Å². The standard InChI is InChI=1S/C23H17NO2/c1-16(14-18-9-3-7-13-23(18)24(25)26)22-15-17-8-2-4-10-19(17)20-11-5-6-12-21(20)22/h2-15H,1H3/b16-14+. The first kappa shape index (κ1) is 16.0. The lowest BCUT2D eigenvalue weighted by Crippen LogP contribution is -1.92. The number of hydrogen-bond acceptors (Lipinski definition) is 2. The number of fused-ring (bicyclic) bond motifs is 3. The molecule has 0 fully saturated rings. The molecule has 126 valence electrons. The van der Waals surface area contributed by atoms with Crippen LogP contribution >= 0.6 is 0 Å². The molecule has 0 amide bonds. The summed E-state index contributed by atoms with van der Waals surface area (Å²) < 4.78 is 0. The van der Waals surface area contributed by atoms with Crippen molar-refractivity contribution in [2.24, 2.45) is 0 Å². The second-order valence-electron chi connectivity index (χ2n) is 6.33. The van der Waals surface area contributed by atoms with Gasteiger partial charge < -0.3 is 0 Å². The Kier molecular flexibility index (Phi) is 3.98. The minimum atomic E-state index is -0.336. The van der Waals surface area contributed by atoms with Crippen LogP contribution in [0.15, 0.2) is 78.9 Å². The van der Waals surface area contributed by atoms with Gasteiger partial charge in [0, 0.05) is 6.07 Å². The summed E-state index contributed by atoms with van der Waals surface area (Å²) in [5.74, 6) is 0. The van der Waals surface area contributed by atoms with Gasteiger partial charge in [-0.25, -0.2) is 0 Å². The molecule has 0 heterocycles. The van der Waals surface area contributed by atoms with E-state index in [-0.39, 0.29) is 10.6 Å². The molecule has 0 atom stereocenters. The molecule has 0 aliphatic heterocycles.